The third-order valence-corrected chi connectivity index (χ3v) is 3.10. The zero-order chi connectivity index (χ0) is 14.7. The van der Waals surface area contributed by atoms with Crippen molar-refractivity contribution in [3.8, 4) is 5.75 Å². The lowest BCUT2D eigenvalue weighted by Gasteiger charge is -2.03. The van der Waals surface area contributed by atoms with E-state index in [1.54, 1.807) is 17.8 Å². The summed E-state index contributed by atoms with van der Waals surface area (Å²) in [5.74, 6) is -0.587. The molecular weight excluding hydrogens is 324 g/mol. The van der Waals surface area contributed by atoms with E-state index in [-0.39, 0.29) is 11.3 Å². The van der Waals surface area contributed by atoms with E-state index in [4.69, 9.17) is 0 Å². The fourth-order valence-corrected chi connectivity index (χ4v) is 2.02. The van der Waals surface area contributed by atoms with Crippen LogP contribution in [-0.2, 0) is 7.05 Å². The fourth-order valence-electron chi connectivity index (χ4n) is 1.66. The van der Waals surface area contributed by atoms with E-state index in [0.717, 1.165) is 11.4 Å². The first kappa shape index (κ1) is 14.3. The molecule has 1 aromatic carbocycles. The lowest BCUT2D eigenvalue weighted by molar-refractivity contribution is 0.0952. The third-order valence-electron chi connectivity index (χ3n) is 2.60. The van der Waals surface area contributed by atoms with Gasteiger partial charge in [0.2, 0.25) is 0 Å². The van der Waals surface area contributed by atoms with Gasteiger partial charge >= 0.3 is 0 Å². The molecule has 1 amide bonds. The second kappa shape index (κ2) is 5.87. The molecule has 0 fully saturated rings. The van der Waals surface area contributed by atoms with Crippen molar-refractivity contribution in [2.45, 2.75) is 6.92 Å². The molecule has 1 heterocycles. The highest BCUT2D eigenvalue weighted by atomic mass is 79.9. The number of nitrogens with zero attached hydrogens (tertiary/aromatic N) is 3. The molecule has 0 unspecified atom stereocenters. The quantitative estimate of drug-likeness (QED) is 0.664. The summed E-state index contributed by atoms with van der Waals surface area (Å²) in [5, 5.41) is 17.6. The maximum Gasteiger partial charge on any atom is 0.275 e. The highest BCUT2D eigenvalue weighted by Crippen LogP contribution is 2.21. The molecule has 20 heavy (non-hydrogen) atoms. The number of aromatic hydroxyl groups is 1. The number of benzene rings is 1. The first-order valence-corrected chi connectivity index (χ1v) is 6.59. The summed E-state index contributed by atoms with van der Waals surface area (Å²) in [7, 11) is 1.79. The van der Waals surface area contributed by atoms with Gasteiger partial charge in [-0.15, -0.1) is 0 Å². The van der Waals surface area contributed by atoms with Gasteiger partial charge in [0.15, 0.2) is 0 Å². The Balaban J connectivity index is 2.09. The van der Waals surface area contributed by atoms with Crippen LogP contribution in [-0.4, -0.2) is 27.0 Å². The van der Waals surface area contributed by atoms with E-state index in [0.29, 0.717) is 4.47 Å². The van der Waals surface area contributed by atoms with Gasteiger partial charge in [0.05, 0.1) is 23.2 Å². The number of carbonyl (C=O) groups excluding carboxylic acids is 1. The predicted molar refractivity (Wildman–Crippen MR) is 78.8 cm³/mol. The number of rotatable bonds is 3. The minimum atomic E-state index is -0.487. The van der Waals surface area contributed by atoms with Gasteiger partial charge in [-0.2, -0.15) is 10.2 Å². The Hall–Kier alpha value is -2.15. The normalized spacial score (nSPS) is 10.9. The smallest absolute Gasteiger partial charge is 0.275 e. The SMILES string of the molecule is Cc1cc(/C=N/NC(=O)c2cc(Br)ccc2O)n(C)n1. The van der Waals surface area contributed by atoms with Crippen molar-refractivity contribution >= 4 is 28.1 Å². The van der Waals surface area contributed by atoms with E-state index >= 15 is 0 Å². The zero-order valence-electron chi connectivity index (χ0n) is 11.0. The van der Waals surface area contributed by atoms with Gasteiger partial charge in [-0.25, -0.2) is 5.43 Å². The van der Waals surface area contributed by atoms with Gasteiger partial charge in [0.25, 0.3) is 5.91 Å². The monoisotopic (exact) mass is 336 g/mol. The number of phenolic OH excluding ortho intramolecular Hbond substituents is 1. The second-order valence-electron chi connectivity index (χ2n) is 4.19. The van der Waals surface area contributed by atoms with Crippen molar-refractivity contribution in [3.63, 3.8) is 0 Å². The van der Waals surface area contributed by atoms with Crippen molar-refractivity contribution in [1.82, 2.24) is 15.2 Å². The van der Waals surface area contributed by atoms with Crippen LogP contribution in [0.4, 0.5) is 0 Å². The minimum absolute atomic E-state index is 0.0997. The molecule has 2 rings (SSSR count). The summed E-state index contributed by atoms with van der Waals surface area (Å²) in [5.41, 5.74) is 4.14. The maximum atomic E-state index is 11.9. The molecular formula is C13H13BrN4O2. The molecule has 0 aliphatic heterocycles. The average molecular weight is 337 g/mol. The molecule has 0 radical (unpaired) electrons. The molecule has 2 N–H and O–H groups in total. The molecule has 0 aliphatic carbocycles. The molecule has 1 aromatic heterocycles. The van der Waals surface area contributed by atoms with Crippen LogP contribution in [0.15, 0.2) is 33.8 Å². The summed E-state index contributed by atoms with van der Waals surface area (Å²) < 4.78 is 2.35. The molecule has 0 spiro atoms. The number of hydrogen-bond acceptors (Lipinski definition) is 4. The maximum absolute atomic E-state index is 11.9. The first-order chi connectivity index (χ1) is 9.47. The molecule has 0 aliphatic rings. The van der Waals surface area contributed by atoms with E-state index in [1.165, 1.54) is 18.3 Å². The number of aryl methyl sites for hydroxylation is 2. The van der Waals surface area contributed by atoms with Crippen molar-refractivity contribution in [2.24, 2.45) is 12.1 Å². The molecule has 104 valence electrons. The van der Waals surface area contributed by atoms with Crippen LogP contribution in [0.5, 0.6) is 5.75 Å². The molecule has 7 heteroatoms. The van der Waals surface area contributed by atoms with Crippen LogP contribution in [0, 0.1) is 6.92 Å². The largest absolute Gasteiger partial charge is 0.507 e. The number of aromatic nitrogens is 2. The topological polar surface area (TPSA) is 79.5 Å². The number of carbonyl (C=O) groups is 1. The van der Waals surface area contributed by atoms with Gasteiger partial charge in [-0.05, 0) is 31.2 Å². The van der Waals surface area contributed by atoms with Gasteiger partial charge in [-0.3, -0.25) is 9.48 Å². The van der Waals surface area contributed by atoms with Crippen LogP contribution < -0.4 is 5.43 Å². The van der Waals surface area contributed by atoms with Crippen molar-refractivity contribution in [1.29, 1.82) is 0 Å². The number of halogens is 1. The van der Waals surface area contributed by atoms with Crippen LogP contribution in [0.25, 0.3) is 0 Å². The molecule has 0 atom stereocenters. The Morgan fingerprint density at radius 3 is 2.90 bits per heavy atom. The Labute approximate surface area is 124 Å². The zero-order valence-corrected chi connectivity index (χ0v) is 12.5. The summed E-state index contributed by atoms with van der Waals surface area (Å²) in [6.45, 7) is 1.87. The van der Waals surface area contributed by atoms with E-state index in [9.17, 15) is 9.90 Å². The molecule has 0 saturated heterocycles. The Bertz CT molecular complexity index is 679. The third kappa shape index (κ3) is 3.24. The molecule has 6 nitrogen and oxygen atoms in total. The van der Waals surface area contributed by atoms with E-state index < -0.39 is 5.91 Å². The lowest BCUT2D eigenvalue weighted by atomic mass is 10.2. The van der Waals surface area contributed by atoms with E-state index in [2.05, 4.69) is 31.6 Å². The standard InChI is InChI=1S/C13H13BrN4O2/c1-8-5-10(18(2)17-8)7-15-16-13(20)11-6-9(14)3-4-12(11)19/h3-7,19H,1-2H3,(H,16,20)/b15-7+. The molecule has 0 bridgehead atoms. The van der Waals surface area contributed by atoms with Crippen LogP contribution in [0.3, 0.4) is 0 Å². The predicted octanol–water partition coefficient (Wildman–Crippen LogP) is 1.96. The Kier molecular flexibility index (Phi) is 4.19. The van der Waals surface area contributed by atoms with Gasteiger partial charge in [0, 0.05) is 11.5 Å². The van der Waals surface area contributed by atoms with Gasteiger partial charge in [-0.1, -0.05) is 15.9 Å². The number of nitrogens with one attached hydrogen (secondary N) is 1. The summed E-state index contributed by atoms with van der Waals surface area (Å²) >= 11 is 3.24. The molecule has 2 aromatic rings. The van der Waals surface area contributed by atoms with Crippen LogP contribution in [0.2, 0.25) is 0 Å². The number of hydrazone groups is 1. The first-order valence-electron chi connectivity index (χ1n) is 5.80. The summed E-state index contributed by atoms with van der Waals surface area (Å²) in [6.07, 6.45) is 1.49. The van der Waals surface area contributed by atoms with Crippen molar-refractivity contribution in [3.05, 3.63) is 45.7 Å². The van der Waals surface area contributed by atoms with Crippen molar-refractivity contribution in [2.75, 3.05) is 0 Å². The summed E-state index contributed by atoms with van der Waals surface area (Å²) in [4.78, 5) is 11.9. The molecule has 0 saturated carbocycles. The van der Waals surface area contributed by atoms with Gasteiger partial charge < -0.3 is 5.11 Å². The number of amides is 1. The van der Waals surface area contributed by atoms with Crippen molar-refractivity contribution < 1.29 is 9.90 Å². The Morgan fingerprint density at radius 2 is 2.25 bits per heavy atom. The second-order valence-corrected chi connectivity index (χ2v) is 5.11. The number of hydrogen-bond donors (Lipinski definition) is 2. The van der Waals surface area contributed by atoms with E-state index in [1.807, 2.05) is 13.0 Å². The Morgan fingerprint density at radius 1 is 1.50 bits per heavy atom. The highest BCUT2D eigenvalue weighted by molar-refractivity contribution is 9.10. The number of phenols is 1. The average Bonchev–Trinajstić information content (AvgIpc) is 2.71. The van der Waals surface area contributed by atoms with Crippen LogP contribution >= 0.6 is 15.9 Å². The fraction of sp³-hybridized carbons (Fsp3) is 0.154. The summed E-state index contributed by atoms with van der Waals surface area (Å²) in [6, 6.07) is 6.45. The highest BCUT2D eigenvalue weighted by Gasteiger charge is 2.10. The lowest BCUT2D eigenvalue weighted by Crippen LogP contribution is -2.18. The minimum Gasteiger partial charge on any atom is -0.507 e. The van der Waals surface area contributed by atoms with Crippen LogP contribution in [0.1, 0.15) is 21.7 Å². The van der Waals surface area contributed by atoms with Gasteiger partial charge in [0.1, 0.15) is 5.75 Å².